The lowest BCUT2D eigenvalue weighted by molar-refractivity contribution is -0.121. The number of fused-ring (bicyclic) bond motifs is 1. The van der Waals surface area contributed by atoms with E-state index in [1.54, 1.807) is 24.3 Å². The zero-order valence-electron chi connectivity index (χ0n) is 19.9. The van der Waals surface area contributed by atoms with Crippen molar-refractivity contribution in [3.8, 4) is 11.3 Å². The molecule has 2 amide bonds. The Bertz CT molecular complexity index is 1610. The van der Waals surface area contributed by atoms with Crippen LogP contribution < -0.4 is 16.4 Å². The first kappa shape index (κ1) is 23.7. The van der Waals surface area contributed by atoms with Gasteiger partial charge in [-0.2, -0.15) is 5.10 Å². The van der Waals surface area contributed by atoms with Gasteiger partial charge in [0.2, 0.25) is 5.91 Å². The number of hydrogen-bond donors (Lipinski definition) is 2. The van der Waals surface area contributed by atoms with E-state index in [0.717, 1.165) is 16.9 Å². The van der Waals surface area contributed by atoms with E-state index in [4.69, 9.17) is 4.42 Å². The quantitative estimate of drug-likeness (QED) is 0.333. The summed E-state index contributed by atoms with van der Waals surface area (Å²) < 4.78 is 7.09. The summed E-state index contributed by atoms with van der Waals surface area (Å²) in [6.07, 6.45) is 0.487. The molecule has 0 atom stereocenters. The molecule has 184 valence electrons. The van der Waals surface area contributed by atoms with Crippen LogP contribution in [0.25, 0.3) is 22.1 Å². The molecule has 0 unspecified atom stereocenters. The van der Waals surface area contributed by atoms with Gasteiger partial charge in [0.05, 0.1) is 11.9 Å². The summed E-state index contributed by atoms with van der Waals surface area (Å²) in [5.41, 5.74) is 6.43. The average molecular weight is 493 g/mol. The van der Waals surface area contributed by atoms with Crippen molar-refractivity contribution in [1.82, 2.24) is 20.6 Å². The predicted molar refractivity (Wildman–Crippen MR) is 140 cm³/mol. The van der Waals surface area contributed by atoms with E-state index >= 15 is 0 Å². The van der Waals surface area contributed by atoms with Crippen LogP contribution in [0.4, 0.5) is 0 Å². The molecule has 5 aromatic rings. The molecule has 0 aliphatic heterocycles. The third-order valence-electron chi connectivity index (χ3n) is 5.89. The van der Waals surface area contributed by atoms with E-state index < -0.39 is 5.91 Å². The maximum atomic E-state index is 13.0. The van der Waals surface area contributed by atoms with Gasteiger partial charge in [-0.05, 0) is 23.8 Å². The molecule has 0 spiro atoms. The lowest BCUT2D eigenvalue weighted by Crippen LogP contribution is -2.43. The number of carbonyl (C=O) groups is 2. The zero-order valence-corrected chi connectivity index (χ0v) is 19.9. The van der Waals surface area contributed by atoms with Crippen molar-refractivity contribution < 1.29 is 14.0 Å². The highest BCUT2D eigenvalue weighted by Gasteiger charge is 2.17. The third kappa shape index (κ3) is 5.48. The highest BCUT2D eigenvalue weighted by molar-refractivity contribution is 6.05. The number of rotatable bonds is 7. The first-order valence-corrected chi connectivity index (χ1v) is 11.9. The molecule has 8 nitrogen and oxygen atoms in total. The van der Waals surface area contributed by atoms with Gasteiger partial charge in [-0.15, -0.1) is 0 Å². The topological polar surface area (TPSA) is 106 Å². The molecule has 0 radical (unpaired) electrons. The van der Waals surface area contributed by atoms with Gasteiger partial charge in [0.1, 0.15) is 11.5 Å². The number of aryl methyl sites for hydroxylation is 1. The van der Waals surface area contributed by atoms with Gasteiger partial charge >= 0.3 is 0 Å². The van der Waals surface area contributed by atoms with Crippen molar-refractivity contribution in [2.45, 2.75) is 19.4 Å². The second kappa shape index (κ2) is 10.7. The number of nitrogens with one attached hydrogen (secondary N) is 2. The lowest BCUT2D eigenvalue weighted by Gasteiger charge is -2.12. The van der Waals surface area contributed by atoms with Crippen molar-refractivity contribution in [2.75, 3.05) is 0 Å². The Labute approximate surface area is 212 Å². The summed E-state index contributed by atoms with van der Waals surface area (Å²) in [7, 11) is 0. The maximum absolute atomic E-state index is 13.0. The highest BCUT2D eigenvalue weighted by atomic mass is 16.3. The molecule has 8 heteroatoms. The van der Waals surface area contributed by atoms with Crippen LogP contribution in [-0.2, 0) is 17.8 Å². The van der Waals surface area contributed by atoms with Gasteiger partial charge in [0.25, 0.3) is 11.5 Å². The second-order valence-electron chi connectivity index (χ2n) is 8.48. The minimum absolute atomic E-state index is 0.0463. The first-order chi connectivity index (χ1) is 18.1. The van der Waals surface area contributed by atoms with Gasteiger partial charge < -0.3 is 4.42 Å². The molecule has 2 N–H and O–H groups in total. The SMILES string of the molecule is O=C(CCc1ccc(-c2ccccc2)o1)NNC(=O)c1nn(Cc2ccccc2)c(=O)c2ccccc12. The number of amides is 2. The Morgan fingerprint density at radius 3 is 2.22 bits per heavy atom. The number of aromatic nitrogens is 2. The van der Waals surface area contributed by atoms with Crippen LogP contribution in [0.1, 0.15) is 28.2 Å². The Kier molecular flexibility index (Phi) is 6.89. The molecular formula is C29H24N4O4. The summed E-state index contributed by atoms with van der Waals surface area (Å²) in [6.45, 7) is 0.214. The smallest absolute Gasteiger partial charge is 0.290 e. The molecule has 37 heavy (non-hydrogen) atoms. The minimum Gasteiger partial charge on any atom is -0.461 e. The number of hydrazine groups is 1. The van der Waals surface area contributed by atoms with Crippen LogP contribution in [0.5, 0.6) is 0 Å². The van der Waals surface area contributed by atoms with Gasteiger partial charge in [0.15, 0.2) is 5.69 Å². The van der Waals surface area contributed by atoms with E-state index in [2.05, 4.69) is 16.0 Å². The molecule has 0 saturated carbocycles. The van der Waals surface area contributed by atoms with E-state index in [0.29, 0.717) is 23.0 Å². The number of carbonyl (C=O) groups excluding carboxylic acids is 2. The van der Waals surface area contributed by atoms with E-state index in [9.17, 15) is 14.4 Å². The molecule has 0 fully saturated rings. The second-order valence-corrected chi connectivity index (χ2v) is 8.48. The minimum atomic E-state index is -0.615. The Hall–Kier alpha value is -4.98. The first-order valence-electron chi connectivity index (χ1n) is 11.9. The third-order valence-corrected chi connectivity index (χ3v) is 5.89. The largest absolute Gasteiger partial charge is 0.461 e. The molecule has 2 aromatic heterocycles. The number of benzene rings is 3. The van der Waals surface area contributed by atoms with Crippen molar-refractivity contribution in [1.29, 1.82) is 0 Å². The summed E-state index contributed by atoms with van der Waals surface area (Å²) in [6, 6.07) is 29.6. The normalized spacial score (nSPS) is 10.8. The molecular weight excluding hydrogens is 468 g/mol. The van der Waals surface area contributed by atoms with Crippen molar-refractivity contribution >= 4 is 22.6 Å². The number of hydrogen-bond acceptors (Lipinski definition) is 5. The zero-order chi connectivity index (χ0) is 25.6. The Morgan fingerprint density at radius 1 is 0.784 bits per heavy atom. The fourth-order valence-electron chi connectivity index (χ4n) is 4.02. The standard InChI is InChI=1S/C29H24N4O4/c34-26(18-16-22-15-17-25(37-22)21-11-5-2-6-12-21)30-31-28(35)27-23-13-7-8-14-24(23)29(36)33(32-27)19-20-9-3-1-4-10-20/h1-15,17H,16,18-19H2,(H,30,34)(H,31,35). The van der Waals surface area contributed by atoms with Gasteiger partial charge in [-0.1, -0.05) is 78.9 Å². The number of furan rings is 1. The van der Waals surface area contributed by atoms with Crippen LogP contribution in [0.2, 0.25) is 0 Å². The van der Waals surface area contributed by atoms with Crippen LogP contribution >= 0.6 is 0 Å². The summed E-state index contributed by atoms with van der Waals surface area (Å²) >= 11 is 0. The fourth-order valence-corrected chi connectivity index (χ4v) is 4.02. The van der Waals surface area contributed by atoms with Gasteiger partial charge in [0, 0.05) is 23.8 Å². The van der Waals surface area contributed by atoms with E-state index in [1.807, 2.05) is 72.8 Å². The summed E-state index contributed by atoms with van der Waals surface area (Å²) in [5, 5.41) is 5.11. The fraction of sp³-hybridized carbons (Fsp3) is 0.103. The predicted octanol–water partition coefficient (Wildman–Crippen LogP) is 4.10. The van der Waals surface area contributed by atoms with Crippen molar-refractivity contribution in [3.63, 3.8) is 0 Å². The molecule has 0 saturated heterocycles. The monoisotopic (exact) mass is 492 g/mol. The molecule has 5 rings (SSSR count). The van der Waals surface area contributed by atoms with Crippen LogP contribution in [-0.4, -0.2) is 21.6 Å². The van der Waals surface area contributed by atoms with E-state index in [-0.39, 0.29) is 30.1 Å². The van der Waals surface area contributed by atoms with Gasteiger partial charge in [-0.25, -0.2) is 4.68 Å². The molecule has 0 aliphatic rings. The summed E-state index contributed by atoms with van der Waals surface area (Å²) in [4.78, 5) is 38.4. The van der Waals surface area contributed by atoms with Crippen LogP contribution in [0.3, 0.4) is 0 Å². The van der Waals surface area contributed by atoms with Crippen LogP contribution in [0, 0.1) is 0 Å². The molecule has 3 aromatic carbocycles. The molecule has 2 heterocycles. The van der Waals surface area contributed by atoms with Crippen LogP contribution in [0.15, 0.2) is 106 Å². The lowest BCUT2D eigenvalue weighted by atomic mass is 10.1. The van der Waals surface area contributed by atoms with Crippen molar-refractivity contribution in [3.05, 3.63) is 124 Å². The molecule has 0 aliphatic carbocycles. The Balaban J connectivity index is 1.25. The average Bonchev–Trinajstić information content (AvgIpc) is 3.42. The number of nitrogens with zero attached hydrogens (tertiary/aromatic N) is 2. The highest BCUT2D eigenvalue weighted by Crippen LogP contribution is 2.22. The molecule has 0 bridgehead atoms. The maximum Gasteiger partial charge on any atom is 0.290 e. The summed E-state index contributed by atoms with van der Waals surface area (Å²) in [5.74, 6) is 0.400. The Morgan fingerprint density at radius 2 is 1.46 bits per heavy atom. The van der Waals surface area contributed by atoms with Gasteiger partial charge in [-0.3, -0.25) is 25.2 Å². The van der Waals surface area contributed by atoms with Crippen molar-refractivity contribution in [2.24, 2.45) is 0 Å². The van der Waals surface area contributed by atoms with E-state index in [1.165, 1.54) is 4.68 Å².